The SMILES string of the molecule is CCc1cc2c(Oc3cnn(C)c3)nc(NN)nc2s1. The average Bonchev–Trinajstić information content (AvgIpc) is 3.04. The van der Waals surface area contributed by atoms with E-state index in [1.165, 1.54) is 4.88 Å². The van der Waals surface area contributed by atoms with Gasteiger partial charge in [-0.1, -0.05) is 6.92 Å². The van der Waals surface area contributed by atoms with Crippen molar-refractivity contribution in [1.29, 1.82) is 0 Å². The summed E-state index contributed by atoms with van der Waals surface area (Å²) in [7, 11) is 1.83. The number of ether oxygens (including phenoxy) is 1. The van der Waals surface area contributed by atoms with E-state index < -0.39 is 0 Å². The third-order valence-corrected chi connectivity index (χ3v) is 3.96. The average molecular weight is 290 g/mol. The number of nitrogen functional groups attached to an aromatic ring is 1. The highest BCUT2D eigenvalue weighted by Gasteiger charge is 2.13. The molecule has 0 saturated carbocycles. The van der Waals surface area contributed by atoms with E-state index in [0.29, 0.717) is 17.6 Å². The van der Waals surface area contributed by atoms with Gasteiger partial charge in [0.15, 0.2) is 5.75 Å². The van der Waals surface area contributed by atoms with Gasteiger partial charge in [-0.3, -0.25) is 10.1 Å². The number of hydrazine groups is 1. The Kier molecular flexibility index (Phi) is 3.25. The first kappa shape index (κ1) is 12.8. The zero-order chi connectivity index (χ0) is 14.1. The van der Waals surface area contributed by atoms with Crippen molar-refractivity contribution in [3.8, 4) is 11.6 Å². The van der Waals surface area contributed by atoms with Crippen LogP contribution in [0.15, 0.2) is 18.5 Å². The van der Waals surface area contributed by atoms with Crippen molar-refractivity contribution in [1.82, 2.24) is 19.7 Å². The molecule has 0 aliphatic rings. The number of aromatic nitrogens is 4. The number of fused-ring (bicyclic) bond motifs is 1. The Morgan fingerprint density at radius 1 is 1.45 bits per heavy atom. The number of nitrogens with zero attached hydrogens (tertiary/aromatic N) is 4. The van der Waals surface area contributed by atoms with Gasteiger partial charge < -0.3 is 4.74 Å². The molecule has 3 aromatic heterocycles. The maximum Gasteiger partial charge on any atom is 0.241 e. The highest BCUT2D eigenvalue weighted by Crippen LogP contribution is 2.33. The maximum absolute atomic E-state index is 5.79. The number of nitrogens with one attached hydrogen (secondary N) is 1. The van der Waals surface area contributed by atoms with Gasteiger partial charge in [-0.25, -0.2) is 10.8 Å². The summed E-state index contributed by atoms with van der Waals surface area (Å²) in [6.45, 7) is 2.10. The van der Waals surface area contributed by atoms with Crippen LogP contribution in [-0.4, -0.2) is 19.7 Å². The fourth-order valence-corrected chi connectivity index (χ4v) is 2.78. The van der Waals surface area contributed by atoms with E-state index in [-0.39, 0.29) is 0 Å². The van der Waals surface area contributed by atoms with Crippen molar-refractivity contribution in [3.63, 3.8) is 0 Å². The second kappa shape index (κ2) is 5.06. The Hall–Kier alpha value is -2.19. The van der Waals surface area contributed by atoms with E-state index in [0.717, 1.165) is 16.6 Å². The summed E-state index contributed by atoms with van der Waals surface area (Å²) in [6.07, 6.45) is 4.35. The second-order valence-electron chi connectivity index (χ2n) is 4.23. The van der Waals surface area contributed by atoms with E-state index in [1.54, 1.807) is 28.4 Å². The van der Waals surface area contributed by atoms with Crippen LogP contribution in [0.4, 0.5) is 5.95 Å². The zero-order valence-corrected chi connectivity index (χ0v) is 11.9. The van der Waals surface area contributed by atoms with Crippen LogP contribution in [0.5, 0.6) is 11.6 Å². The third-order valence-electron chi connectivity index (χ3n) is 2.78. The summed E-state index contributed by atoms with van der Waals surface area (Å²) in [6, 6.07) is 2.05. The topological polar surface area (TPSA) is 90.9 Å². The van der Waals surface area contributed by atoms with Crippen molar-refractivity contribution >= 4 is 27.5 Å². The largest absolute Gasteiger partial charge is 0.435 e. The summed E-state index contributed by atoms with van der Waals surface area (Å²) in [5.41, 5.74) is 2.46. The van der Waals surface area contributed by atoms with Gasteiger partial charge in [-0.05, 0) is 12.5 Å². The first-order valence-corrected chi connectivity index (χ1v) is 6.95. The molecule has 104 valence electrons. The standard InChI is InChI=1S/C12H14N6OS/c1-3-8-4-9-10(19-7-5-14-18(2)6-7)15-12(17-13)16-11(9)20-8/h4-6H,3,13H2,1-2H3,(H,15,16,17). The minimum absolute atomic E-state index is 0.334. The number of aryl methyl sites for hydroxylation is 2. The predicted molar refractivity (Wildman–Crippen MR) is 77.9 cm³/mol. The number of hydrogen-bond acceptors (Lipinski definition) is 7. The van der Waals surface area contributed by atoms with E-state index in [4.69, 9.17) is 10.6 Å². The number of hydrogen-bond donors (Lipinski definition) is 2. The van der Waals surface area contributed by atoms with Gasteiger partial charge in [-0.15, -0.1) is 11.3 Å². The van der Waals surface area contributed by atoms with Crippen LogP contribution < -0.4 is 16.0 Å². The van der Waals surface area contributed by atoms with Crippen LogP contribution in [0.1, 0.15) is 11.8 Å². The van der Waals surface area contributed by atoms with Crippen LogP contribution in [0.2, 0.25) is 0 Å². The number of nitrogens with two attached hydrogens (primary N) is 1. The fourth-order valence-electron chi connectivity index (χ4n) is 1.82. The van der Waals surface area contributed by atoms with E-state index in [2.05, 4.69) is 27.4 Å². The van der Waals surface area contributed by atoms with Crippen molar-refractivity contribution < 1.29 is 4.74 Å². The van der Waals surface area contributed by atoms with Gasteiger partial charge in [0.05, 0.1) is 17.8 Å². The van der Waals surface area contributed by atoms with E-state index in [1.807, 2.05) is 13.1 Å². The fraction of sp³-hybridized carbons (Fsp3) is 0.250. The minimum atomic E-state index is 0.334. The molecule has 0 aliphatic heterocycles. The molecule has 0 aromatic carbocycles. The normalized spacial score (nSPS) is 10.9. The summed E-state index contributed by atoms with van der Waals surface area (Å²) >= 11 is 1.61. The molecule has 20 heavy (non-hydrogen) atoms. The Labute approximate surface area is 119 Å². The molecular formula is C12H14N6OS. The maximum atomic E-state index is 5.79. The lowest BCUT2D eigenvalue weighted by Crippen LogP contribution is -2.10. The van der Waals surface area contributed by atoms with Crippen LogP contribution in [0, 0.1) is 0 Å². The molecule has 3 heterocycles. The molecule has 0 spiro atoms. The minimum Gasteiger partial charge on any atom is -0.435 e. The number of rotatable bonds is 4. The molecule has 3 N–H and O–H groups in total. The first-order valence-electron chi connectivity index (χ1n) is 6.13. The molecule has 3 rings (SSSR count). The molecule has 0 radical (unpaired) electrons. The van der Waals surface area contributed by atoms with Gasteiger partial charge >= 0.3 is 0 Å². The van der Waals surface area contributed by atoms with E-state index in [9.17, 15) is 0 Å². The molecule has 3 aromatic rings. The molecule has 0 bridgehead atoms. The molecule has 8 heteroatoms. The monoisotopic (exact) mass is 290 g/mol. The lowest BCUT2D eigenvalue weighted by molar-refractivity contribution is 0.468. The molecule has 0 fully saturated rings. The highest BCUT2D eigenvalue weighted by molar-refractivity contribution is 7.18. The molecule has 0 unspecified atom stereocenters. The van der Waals surface area contributed by atoms with Crippen molar-refractivity contribution in [2.45, 2.75) is 13.3 Å². The zero-order valence-electron chi connectivity index (χ0n) is 11.1. The lowest BCUT2D eigenvalue weighted by Gasteiger charge is -2.05. The molecule has 0 atom stereocenters. The molecule has 7 nitrogen and oxygen atoms in total. The van der Waals surface area contributed by atoms with Crippen molar-refractivity contribution in [2.24, 2.45) is 12.9 Å². The first-order chi connectivity index (χ1) is 9.69. The Morgan fingerprint density at radius 3 is 2.95 bits per heavy atom. The summed E-state index contributed by atoms with van der Waals surface area (Å²) < 4.78 is 7.46. The molecule has 0 amide bonds. The summed E-state index contributed by atoms with van der Waals surface area (Å²) in [4.78, 5) is 10.7. The van der Waals surface area contributed by atoms with Gasteiger partial charge in [0, 0.05) is 11.9 Å². The van der Waals surface area contributed by atoms with E-state index >= 15 is 0 Å². The van der Waals surface area contributed by atoms with Crippen LogP contribution in [-0.2, 0) is 13.5 Å². The number of anilines is 1. The number of thiophene rings is 1. The summed E-state index contributed by atoms with van der Waals surface area (Å²) in [5.74, 6) is 6.84. The van der Waals surface area contributed by atoms with Gasteiger partial charge in [0.1, 0.15) is 4.83 Å². The molecule has 0 saturated heterocycles. The molecule has 0 aliphatic carbocycles. The third kappa shape index (κ3) is 2.30. The Balaban J connectivity index is 2.09. The van der Waals surface area contributed by atoms with Crippen LogP contribution in [0.25, 0.3) is 10.2 Å². The quantitative estimate of drug-likeness (QED) is 0.564. The van der Waals surface area contributed by atoms with Gasteiger partial charge in [0.25, 0.3) is 0 Å². The van der Waals surface area contributed by atoms with Gasteiger partial charge in [0.2, 0.25) is 11.8 Å². The Morgan fingerprint density at radius 2 is 2.30 bits per heavy atom. The van der Waals surface area contributed by atoms with Crippen molar-refractivity contribution in [3.05, 3.63) is 23.3 Å². The Bertz CT molecular complexity index is 750. The second-order valence-corrected chi connectivity index (χ2v) is 5.35. The smallest absolute Gasteiger partial charge is 0.241 e. The molecular weight excluding hydrogens is 276 g/mol. The van der Waals surface area contributed by atoms with Crippen LogP contribution >= 0.6 is 11.3 Å². The van der Waals surface area contributed by atoms with Crippen molar-refractivity contribution in [2.75, 3.05) is 5.43 Å². The lowest BCUT2D eigenvalue weighted by atomic mass is 10.3. The summed E-state index contributed by atoms with van der Waals surface area (Å²) in [5, 5.41) is 4.95. The highest BCUT2D eigenvalue weighted by atomic mass is 32.1. The van der Waals surface area contributed by atoms with Gasteiger partial charge in [-0.2, -0.15) is 10.1 Å². The predicted octanol–water partition coefficient (Wildman–Crippen LogP) is 2.07. The van der Waals surface area contributed by atoms with Crippen LogP contribution in [0.3, 0.4) is 0 Å².